The molecule has 2 aliphatic rings. The number of aliphatic carboxylic acids is 1. The second kappa shape index (κ2) is 30.9. The normalized spacial score (nSPS) is 26.4. The molecule has 12 atom stereocenters. The molecule has 0 fully saturated rings. The van der Waals surface area contributed by atoms with Crippen molar-refractivity contribution in [3.63, 3.8) is 0 Å². The molecule has 0 spiro atoms. The first-order valence-corrected chi connectivity index (χ1v) is 24.9. The Kier molecular flexibility index (Phi) is 27.2. The molecular formula is C45H70N6O17S2. The largest absolute Gasteiger partial charge is 0.480 e. The van der Waals surface area contributed by atoms with Crippen LogP contribution in [0.4, 0.5) is 4.79 Å². The van der Waals surface area contributed by atoms with Crippen LogP contribution in [-0.4, -0.2) is 190 Å². The zero-order valence-electron chi connectivity index (χ0n) is 40.3. The van der Waals surface area contributed by atoms with E-state index < -0.39 is 121 Å². The van der Waals surface area contributed by atoms with Crippen molar-refractivity contribution in [3.8, 4) is 0 Å². The highest BCUT2D eigenvalue weighted by molar-refractivity contribution is 8.76. The molecule has 2 rings (SSSR count). The highest BCUT2D eigenvalue weighted by Gasteiger charge is 2.35. The van der Waals surface area contributed by atoms with Crippen LogP contribution in [0.3, 0.4) is 0 Å². The number of Topliss-reactive ketones (excluding diaryl/α,β-unsaturated/α-hetero) is 1. The van der Waals surface area contributed by atoms with Crippen molar-refractivity contribution in [1.29, 1.82) is 0 Å². The molecule has 2 bridgehead atoms. The first kappa shape index (κ1) is 61.4. The molecule has 4 amide bonds. The smallest absolute Gasteiger partial charge is 0.405 e. The Labute approximate surface area is 414 Å². The van der Waals surface area contributed by atoms with Gasteiger partial charge in [0.1, 0.15) is 30.5 Å². The molecule has 0 aromatic rings. The average Bonchev–Trinajstić information content (AvgIpc) is 3.31. The number of hydrogen-bond donors (Lipinski definition) is 13. The standard InChI is InChI=1S/C45H70N6O17S2/c1-22-15-26-36(48-13-14-69-70-21-29(44(63)64)51-43(62)27(47-5)11-12-35(56)49-19-31(54)39(59)40(60)32(55)20-52)30(53)18-28(38(26)58)50-42(61)23(2)9-8-10-33(66-6)41(68-45(46)65)25(4)17-24(3)37(57)34(16-22)67-7/h8-10,17-18,22,24,27,29,31-34,37,39-41,47-48,52,54-55,57,59-60H,11-16,19-21H2,1-7H3,(H2,46,65)(H,49,56)(H,50,61)(H,51,62)(H,63,64)/b10-8-,23-9+,25-17+/t22-,24+,27+,29+,31+,32-,33+,34+,37-,39-,40-,41+/m1/s1. The number of aliphatic hydroxyl groups is 6. The molecule has 0 radical (unpaired) electrons. The van der Waals surface area contributed by atoms with Gasteiger partial charge in [0, 0.05) is 68.4 Å². The lowest BCUT2D eigenvalue weighted by molar-refractivity contribution is -0.141. The van der Waals surface area contributed by atoms with E-state index in [0.717, 1.165) is 16.9 Å². The molecule has 23 nitrogen and oxygen atoms in total. The summed E-state index contributed by atoms with van der Waals surface area (Å²) < 4.78 is 16.7. The third-order valence-electron chi connectivity index (χ3n) is 11.4. The Balaban J connectivity index is 2.17. The van der Waals surface area contributed by atoms with Crippen molar-refractivity contribution in [2.75, 3.05) is 52.5 Å². The van der Waals surface area contributed by atoms with E-state index in [9.17, 15) is 64.2 Å². The van der Waals surface area contributed by atoms with Gasteiger partial charge in [-0.15, -0.1) is 0 Å². The van der Waals surface area contributed by atoms with Crippen LogP contribution in [0.1, 0.15) is 53.4 Å². The molecular weight excluding hydrogens is 961 g/mol. The van der Waals surface area contributed by atoms with E-state index in [-0.39, 0.29) is 66.4 Å². The lowest BCUT2D eigenvalue weighted by Gasteiger charge is -2.30. The van der Waals surface area contributed by atoms with Crippen LogP contribution in [0.2, 0.25) is 0 Å². The molecule has 14 N–H and O–H groups in total. The molecule has 70 heavy (non-hydrogen) atoms. The van der Waals surface area contributed by atoms with Gasteiger partial charge in [-0.05, 0) is 51.6 Å². The third kappa shape index (κ3) is 19.5. The first-order chi connectivity index (χ1) is 33.0. The number of fused-ring (bicyclic) bond motifs is 2. The van der Waals surface area contributed by atoms with Gasteiger partial charge >= 0.3 is 12.1 Å². The van der Waals surface area contributed by atoms with Crippen molar-refractivity contribution in [3.05, 3.63) is 58.5 Å². The lowest BCUT2D eigenvalue weighted by atomic mass is 9.85. The number of ketones is 2. The number of carboxylic acids is 1. The molecule has 394 valence electrons. The van der Waals surface area contributed by atoms with Crippen LogP contribution >= 0.6 is 21.6 Å². The number of carbonyl (C=O) groups is 7. The molecule has 1 aliphatic heterocycles. The maximum Gasteiger partial charge on any atom is 0.405 e. The van der Waals surface area contributed by atoms with E-state index in [1.807, 2.05) is 6.92 Å². The van der Waals surface area contributed by atoms with Crippen LogP contribution in [-0.2, 0) is 43.0 Å². The van der Waals surface area contributed by atoms with E-state index in [1.54, 1.807) is 19.9 Å². The Morgan fingerprint density at radius 3 is 2.26 bits per heavy atom. The Morgan fingerprint density at radius 1 is 0.986 bits per heavy atom. The fourth-order valence-electron chi connectivity index (χ4n) is 7.29. The number of carbonyl (C=O) groups excluding carboxylic acids is 6. The number of hydrogen-bond acceptors (Lipinski definition) is 20. The SMILES string of the molecule is CN[C@@H](CCC(=O)NC[C@H](O)[C@@H](O)[C@H](O)[C@H](O)CO)C(=O)N[C@@H](CSSCCNC1=C2C[C@@H](C)C[C@H](OC)[C@H](O)[C@@H](C)/C=C(\C)[C@H](OC(N)=O)[C@@H](OC)/C=C\C=C(/C)C(=O)NC(=CC1=O)C2=O)C(=O)O. The molecule has 1 aliphatic carbocycles. The number of rotatable bonds is 23. The van der Waals surface area contributed by atoms with Gasteiger partial charge in [-0.3, -0.25) is 24.0 Å². The van der Waals surface area contributed by atoms with Gasteiger partial charge in [0.25, 0.3) is 5.91 Å². The van der Waals surface area contributed by atoms with Crippen molar-refractivity contribution in [1.82, 2.24) is 26.6 Å². The predicted molar refractivity (Wildman–Crippen MR) is 258 cm³/mol. The van der Waals surface area contributed by atoms with Gasteiger partial charge in [0.2, 0.25) is 23.4 Å². The second-order valence-electron chi connectivity index (χ2n) is 16.8. The van der Waals surface area contributed by atoms with Crippen molar-refractivity contribution >= 4 is 62.9 Å². The van der Waals surface area contributed by atoms with Crippen molar-refractivity contribution in [2.45, 2.75) is 114 Å². The van der Waals surface area contributed by atoms with E-state index >= 15 is 0 Å². The summed E-state index contributed by atoms with van der Waals surface area (Å²) in [5, 5.41) is 82.4. The van der Waals surface area contributed by atoms with E-state index in [1.165, 1.54) is 57.2 Å². The summed E-state index contributed by atoms with van der Waals surface area (Å²) in [5.74, 6) is -5.26. The monoisotopic (exact) mass is 1030 g/mol. The average molecular weight is 1030 g/mol. The fourth-order valence-corrected chi connectivity index (χ4v) is 9.35. The summed E-state index contributed by atoms with van der Waals surface area (Å²) in [6.45, 7) is 5.49. The summed E-state index contributed by atoms with van der Waals surface area (Å²) in [5.41, 5.74) is 5.90. The van der Waals surface area contributed by atoms with Gasteiger partial charge in [-0.1, -0.05) is 59.7 Å². The molecule has 0 aromatic heterocycles. The third-order valence-corrected chi connectivity index (χ3v) is 13.8. The number of carboxylic acid groups (broad SMARTS) is 1. The summed E-state index contributed by atoms with van der Waals surface area (Å²) in [4.78, 5) is 90.5. The van der Waals surface area contributed by atoms with Crippen LogP contribution in [0.15, 0.2) is 58.5 Å². The number of amides is 4. The summed E-state index contributed by atoms with van der Waals surface area (Å²) in [7, 11) is 6.60. The molecule has 25 heteroatoms. The fraction of sp³-hybridized carbons (Fsp3) is 0.622. The quantitative estimate of drug-likeness (QED) is 0.0233. The van der Waals surface area contributed by atoms with Gasteiger partial charge < -0.3 is 82.3 Å². The van der Waals surface area contributed by atoms with Gasteiger partial charge in [-0.2, -0.15) is 0 Å². The Bertz CT molecular complexity index is 1980. The maximum atomic E-state index is 14.1. The summed E-state index contributed by atoms with van der Waals surface area (Å²) in [6.07, 6.45) is -4.79. The second-order valence-corrected chi connectivity index (χ2v) is 19.5. The number of aliphatic hydroxyl groups excluding tert-OH is 6. The summed E-state index contributed by atoms with van der Waals surface area (Å²) >= 11 is 0. The van der Waals surface area contributed by atoms with Gasteiger partial charge in [0.15, 0.2) is 6.10 Å². The number of likely N-dealkylation sites (N-methyl/N-ethyl adjacent to an activating group) is 1. The topological polar surface area (TPSA) is 375 Å². The predicted octanol–water partition coefficient (Wildman–Crippen LogP) is -1.78. The zero-order chi connectivity index (χ0) is 52.8. The highest BCUT2D eigenvalue weighted by Crippen LogP contribution is 2.29. The van der Waals surface area contributed by atoms with Crippen LogP contribution in [0, 0.1) is 11.8 Å². The molecule has 0 saturated carbocycles. The van der Waals surface area contributed by atoms with Crippen LogP contribution in [0.5, 0.6) is 0 Å². The number of allylic oxidation sites excluding steroid dienone is 4. The summed E-state index contributed by atoms with van der Waals surface area (Å²) in [6, 6.07) is -2.35. The zero-order valence-corrected chi connectivity index (χ0v) is 41.9. The van der Waals surface area contributed by atoms with Gasteiger partial charge in [0.05, 0.1) is 42.4 Å². The maximum absolute atomic E-state index is 14.1. The molecule has 0 aromatic carbocycles. The number of nitrogens with two attached hydrogens (primary N) is 1. The minimum atomic E-state index is -1.88. The van der Waals surface area contributed by atoms with Crippen LogP contribution in [0.25, 0.3) is 0 Å². The number of primary amides is 1. The van der Waals surface area contributed by atoms with Gasteiger partial charge in [-0.25, -0.2) is 9.59 Å². The number of nitrogens with one attached hydrogen (secondary N) is 5. The van der Waals surface area contributed by atoms with E-state index in [0.29, 0.717) is 11.3 Å². The highest BCUT2D eigenvalue weighted by atomic mass is 33.1. The van der Waals surface area contributed by atoms with E-state index in [2.05, 4.69) is 26.6 Å². The lowest BCUT2D eigenvalue weighted by Crippen LogP contribution is -2.51. The number of ether oxygens (including phenoxy) is 3. The minimum Gasteiger partial charge on any atom is -0.480 e. The first-order valence-electron chi connectivity index (χ1n) is 22.4. The number of methoxy groups -OCH3 is 2. The Morgan fingerprint density at radius 2 is 1.66 bits per heavy atom. The van der Waals surface area contributed by atoms with E-state index in [4.69, 9.17) is 25.1 Å². The molecule has 0 unspecified atom stereocenters. The van der Waals surface area contributed by atoms with Crippen molar-refractivity contribution in [2.24, 2.45) is 17.6 Å². The van der Waals surface area contributed by atoms with Crippen LogP contribution < -0.4 is 32.3 Å². The minimum absolute atomic E-state index is 0.00185. The molecule has 1 heterocycles. The molecule has 0 saturated heterocycles. The Hall–Kier alpha value is -4.67. The van der Waals surface area contributed by atoms with Crippen molar-refractivity contribution < 1.29 is 83.5 Å².